The van der Waals surface area contributed by atoms with E-state index in [1.165, 1.54) is 0 Å². The van der Waals surface area contributed by atoms with Crippen molar-refractivity contribution in [2.24, 2.45) is 0 Å². The Morgan fingerprint density at radius 2 is 1.95 bits per heavy atom. The zero-order valence-corrected chi connectivity index (χ0v) is 11.3. The Morgan fingerprint density at radius 1 is 1.20 bits per heavy atom. The van der Waals surface area contributed by atoms with Crippen LogP contribution in [0.3, 0.4) is 0 Å². The van der Waals surface area contributed by atoms with Crippen LogP contribution in [0.4, 0.5) is 5.69 Å². The van der Waals surface area contributed by atoms with Gasteiger partial charge in [0.05, 0.1) is 13.2 Å². The summed E-state index contributed by atoms with van der Waals surface area (Å²) in [5.74, 6) is 0.0776. The summed E-state index contributed by atoms with van der Waals surface area (Å²) >= 11 is 0. The number of aromatic hydroxyl groups is 1. The number of nitrogens with one attached hydrogen (secondary N) is 2. The van der Waals surface area contributed by atoms with Gasteiger partial charge in [0, 0.05) is 30.1 Å². The highest BCUT2D eigenvalue weighted by Gasteiger charge is 2.07. The Kier molecular flexibility index (Phi) is 4.92. The van der Waals surface area contributed by atoms with Crippen molar-refractivity contribution in [3.05, 3.63) is 36.4 Å². The molecule has 0 aliphatic heterocycles. The number of anilines is 1. The van der Waals surface area contributed by atoms with Gasteiger partial charge in [0.2, 0.25) is 5.91 Å². The number of rotatable bonds is 6. The Labute approximate surface area is 117 Å². The van der Waals surface area contributed by atoms with Crippen LogP contribution >= 0.6 is 0 Å². The second kappa shape index (κ2) is 6.88. The summed E-state index contributed by atoms with van der Waals surface area (Å²) < 4.78 is 4.89. The van der Waals surface area contributed by atoms with Crippen LogP contribution in [0.15, 0.2) is 36.4 Å². The molecule has 0 aliphatic rings. The van der Waals surface area contributed by atoms with E-state index in [-0.39, 0.29) is 18.2 Å². The number of benzene rings is 2. The molecule has 0 bridgehead atoms. The monoisotopic (exact) mass is 274 g/mol. The number of phenolic OH excluding ortho intramolecular Hbond substituents is 1. The summed E-state index contributed by atoms with van der Waals surface area (Å²) in [7, 11) is 1.62. The molecule has 0 aromatic heterocycles. The van der Waals surface area contributed by atoms with Gasteiger partial charge in [-0.1, -0.05) is 24.3 Å². The van der Waals surface area contributed by atoms with E-state index in [1.54, 1.807) is 25.3 Å². The molecule has 0 radical (unpaired) electrons. The first-order valence-electron chi connectivity index (χ1n) is 6.42. The molecule has 5 heteroatoms. The van der Waals surface area contributed by atoms with Crippen molar-refractivity contribution in [3.8, 4) is 5.75 Å². The molecule has 2 aromatic rings. The second-order valence-corrected chi connectivity index (χ2v) is 4.40. The van der Waals surface area contributed by atoms with Crippen LogP contribution in [0.1, 0.15) is 0 Å². The van der Waals surface area contributed by atoms with Gasteiger partial charge in [-0.15, -0.1) is 0 Å². The SMILES string of the molecule is COCCNCC(=O)Nc1cccc2c(O)cccc12. The first kappa shape index (κ1) is 14.3. The average molecular weight is 274 g/mol. The fourth-order valence-corrected chi connectivity index (χ4v) is 1.97. The van der Waals surface area contributed by atoms with E-state index in [1.807, 2.05) is 18.2 Å². The number of hydrogen-bond donors (Lipinski definition) is 3. The molecular formula is C15H18N2O3. The van der Waals surface area contributed by atoms with E-state index in [4.69, 9.17) is 4.74 Å². The summed E-state index contributed by atoms with van der Waals surface area (Å²) in [4.78, 5) is 11.8. The molecule has 1 amide bonds. The summed E-state index contributed by atoms with van der Waals surface area (Å²) in [6.07, 6.45) is 0. The van der Waals surface area contributed by atoms with Gasteiger partial charge in [0.15, 0.2) is 0 Å². The lowest BCUT2D eigenvalue weighted by Gasteiger charge is -2.10. The summed E-state index contributed by atoms with van der Waals surface area (Å²) in [6, 6.07) is 10.7. The molecule has 20 heavy (non-hydrogen) atoms. The Morgan fingerprint density at radius 3 is 2.75 bits per heavy atom. The van der Waals surface area contributed by atoms with Crippen LogP contribution in [0, 0.1) is 0 Å². The molecule has 106 valence electrons. The van der Waals surface area contributed by atoms with Crippen molar-refractivity contribution < 1.29 is 14.6 Å². The van der Waals surface area contributed by atoms with E-state index in [9.17, 15) is 9.90 Å². The fourth-order valence-electron chi connectivity index (χ4n) is 1.97. The first-order chi connectivity index (χ1) is 9.72. The van der Waals surface area contributed by atoms with Crippen LogP contribution in [0.5, 0.6) is 5.75 Å². The molecule has 0 spiro atoms. The number of amides is 1. The van der Waals surface area contributed by atoms with Crippen molar-refractivity contribution >= 4 is 22.4 Å². The number of fused-ring (bicyclic) bond motifs is 1. The maximum absolute atomic E-state index is 11.8. The number of carbonyl (C=O) groups is 1. The van der Waals surface area contributed by atoms with Gasteiger partial charge in [-0.3, -0.25) is 4.79 Å². The third-order valence-electron chi connectivity index (χ3n) is 2.94. The number of phenols is 1. The highest BCUT2D eigenvalue weighted by Crippen LogP contribution is 2.29. The van der Waals surface area contributed by atoms with Gasteiger partial charge < -0.3 is 20.5 Å². The third-order valence-corrected chi connectivity index (χ3v) is 2.94. The maximum atomic E-state index is 11.8. The third kappa shape index (κ3) is 3.46. The topological polar surface area (TPSA) is 70.6 Å². The Balaban J connectivity index is 2.06. The molecule has 0 saturated heterocycles. The zero-order valence-electron chi connectivity index (χ0n) is 11.3. The molecule has 5 nitrogen and oxygen atoms in total. The molecule has 3 N–H and O–H groups in total. The van der Waals surface area contributed by atoms with Crippen molar-refractivity contribution in [3.63, 3.8) is 0 Å². The van der Waals surface area contributed by atoms with Gasteiger partial charge in [-0.2, -0.15) is 0 Å². The van der Waals surface area contributed by atoms with Gasteiger partial charge in [0.1, 0.15) is 5.75 Å². The average Bonchev–Trinajstić information content (AvgIpc) is 2.45. The molecular weight excluding hydrogens is 256 g/mol. The van der Waals surface area contributed by atoms with Crippen LogP contribution in [-0.4, -0.2) is 37.8 Å². The maximum Gasteiger partial charge on any atom is 0.238 e. The molecule has 0 saturated carbocycles. The molecule has 2 rings (SSSR count). The predicted molar refractivity (Wildman–Crippen MR) is 79.0 cm³/mol. The van der Waals surface area contributed by atoms with E-state index in [2.05, 4.69) is 10.6 Å². The number of methoxy groups -OCH3 is 1. The minimum absolute atomic E-state index is 0.128. The van der Waals surface area contributed by atoms with Crippen molar-refractivity contribution in [1.29, 1.82) is 0 Å². The highest BCUT2D eigenvalue weighted by molar-refractivity contribution is 6.04. The summed E-state index contributed by atoms with van der Waals surface area (Å²) in [5, 5.41) is 17.1. The van der Waals surface area contributed by atoms with Gasteiger partial charge in [-0.05, 0) is 12.1 Å². The normalized spacial score (nSPS) is 10.7. The molecule has 0 atom stereocenters. The fraction of sp³-hybridized carbons (Fsp3) is 0.267. The zero-order chi connectivity index (χ0) is 14.4. The number of ether oxygens (including phenoxy) is 1. The molecule has 0 heterocycles. The largest absolute Gasteiger partial charge is 0.507 e. The Bertz CT molecular complexity index is 599. The van der Waals surface area contributed by atoms with Crippen LogP contribution < -0.4 is 10.6 Å². The van der Waals surface area contributed by atoms with Crippen LogP contribution in [-0.2, 0) is 9.53 Å². The standard InChI is InChI=1S/C15H18N2O3/c1-20-9-8-16-10-15(19)17-13-6-2-5-12-11(13)4-3-7-14(12)18/h2-7,16,18H,8-10H2,1H3,(H,17,19). The van der Waals surface area contributed by atoms with Crippen LogP contribution in [0.25, 0.3) is 10.8 Å². The first-order valence-corrected chi connectivity index (χ1v) is 6.42. The van der Waals surface area contributed by atoms with Crippen LogP contribution in [0.2, 0.25) is 0 Å². The lowest BCUT2D eigenvalue weighted by Crippen LogP contribution is -2.30. The van der Waals surface area contributed by atoms with Gasteiger partial charge in [0.25, 0.3) is 0 Å². The lowest BCUT2D eigenvalue weighted by atomic mass is 10.1. The number of carbonyl (C=O) groups excluding carboxylic acids is 1. The van der Waals surface area contributed by atoms with E-state index in [0.29, 0.717) is 18.8 Å². The molecule has 0 fully saturated rings. The Hall–Kier alpha value is -2.11. The second-order valence-electron chi connectivity index (χ2n) is 4.40. The van der Waals surface area contributed by atoms with Gasteiger partial charge in [-0.25, -0.2) is 0 Å². The minimum atomic E-state index is -0.128. The van der Waals surface area contributed by atoms with Crippen molar-refractivity contribution in [2.45, 2.75) is 0 Å². The summed E-state index contributed by atoms with van der Waals surface area (Å²) in [6.45, 7) is 1.41. The summed E-state index contributed by atoms with van der Waals surface area (Å²) in [5.41, 5.74) is 0.692. The lowest BCUT2D eigenvalue weighted by molar-refractivity contribution is -0.115. The van der Waals surface area contributed by atoms with E-state index < -0.39 is 0 Å². The quantitative estimate of drug-likeness (QED) is 0.701. The highest BCUT2D eigenvalue weighted by atomic mass is 16.5. The van der Waals surface area contributed by atoms with E-state index in [0.717, 1.165) is 10.8 Å². The molecule has 0 aliphatic carbocycles. The molecule has 0 unspecified atom stereocenters. The predicted octanol–water partition coefficient (Wildman–Crippen LogP) is 1.72. The van der Waals surface area contributed by atoms with E-state index >= 15 is 0 Å². The number of hydrogen-bond acceptors (Lipinski definition) is 4. The van der Waals surface area contributed by atoms with Crippen molar-refractivity contribution in [1.82, 2.24) is 5.32 Å². The smallest absolute Gasteiger partial charge is 0.238 e. The van der Waals surface area contributed by atoms with Gasteiger partial charge >= 0.3 is 0 Å². The molecule has 2 aromatic carbocycles. The minimum Gasteiger partial charge on any atom is -0.507 e. The van der Waals surface area contributed by atoms with Crippen molar-refractivity contribution in [2.75, 3.05) is 32.1 Å².